The van der Waals surface area contributed by atoms with Crippen LogP contribution >= 0.6 is 0 Å². The van der Waals surface area contributed by atoms with E-state index in [0.29, 0.717) is 11.1 Å². The van der Waals surface area contributed by atoms with E-state index in [1.54, 1.807) is 24.3 Å². The molecule has 0 aliphatic rings. The van der Waals surface area contributed by atoms with Crippen molar-refractivity contribution in [2.75, 3.05) is 0 Å². The van der Waals surface area contributed by atoms with E-state index in [1.807, 2.05) is 6.07 Å². The van der Waals surface area contributed by atoms with E-state index >= 15 is 0 Å². The van der Waals surface area contributed by atoms with Crippen molar-refractivity contribution < 1.29 is 0 Å². The molecule has 0 fully saturated rings. The second kappa shape index (κ2) is 3.49. The van der Waals surface area contributed by atoms with Gasteiger partial charge in [-0.15, -0.1) is 0 Å². The van der Waals surface area contributed by atoms with Gasteiger partial charge in [0.15, 0.2) is 0 Å². The fourth-order valence-corrected chi connectivity index (χ4v) is 0.925. The van der Waals surface area contributed by atoms with E-state index in [9.17, 15) is 0 Å². The van der Waals surface area contributed by atoms with Crippen LogP contribution in [0.3, 0.4) is 0 Å². The lowest BCUT2D eigenvalue weighted by Crippen LogP contribution is -1.96. The highest BCUT2D eigenvalue weighted by atomic mass is 14.4. The third-order valence-electron chi connectivity index (χ3n) is 1.54. The molecule has 2 nitrogen and oxygen atoms in total. The average molecular weight is 156 g/mol. The van der Waals surface area contributed by atoms with Gasteiger partial charge in [-0.3, -0.25) is 0 Å². The molecular formula is C10H8N2. The molecule has 1 rings (SSSR count). The summed E-state index contributed by atoms with van der Waals surface area (Å²) in [5, 5.41) is 16.1. The summed E-state index contributed by atoms with van der Waals surface area (Å²) < 4.78 is 0. The van der Waals surface area contributed by atoms with E-state index in [1.165, 1.54) is 6.08 Å². The molecule has 0 radical (unpaired) electrons. The molecule has 1 N–H and O–H groups in total. The van der Waals surface area contributed by atoms with Crippen molar-refractivity contribution in [1.29, 1.82) is 10.7 Å². The number of nitrogens with one attached hydrogen (secondary N) is 1. The summed E-state index contributed by atoms with van der Waals surface area (Å²) in [5.74, 6) is 0. The summed E-state index contributed by atoms with van der Waals surface area (Å²) in [5.41, 5.74) is 1.43. The number of nitrogens with zero attached hydrogens (tertiary/aromatic N) is 1. The molecule has 0 aliphatic carbocycles. The van der Waals surface area contributed by atoms with Gasteiger partial charge >= 0.3 is 0 Å². The number of hydrogen-bond acceptors (Lipinski definition) is 2. The Morgan fingerprint density at radius 2 is 2.17 bits per heavy atom. The first-order valence-corrected chi connectivity index (χ1v) is 3.50. The van der Waals surface area contributed by atoms with Crippen molar-refractivity contribution >= 4 is 5.71 Å². The third-order valence-corrected chi connectivity index (χ3v) is 1.54. The van der Waals surface area contributed by atoms with Crippen LogP contribution in [0.5, 0.6) is 0 Å². The Kier molecular flexibility index (Phi) is 2.39. The molecule has 1 aromatic rings. The summed E-state index contributed by atoms with van der Waals surface area (Å²) in [4.78, 5) is 0. The minimum Gasteiger partial charge on any atom is -0.300 e. The van der Waals surface area contributed by atoms with Crippen molar-refractivity contribution in [2.24, 2.45) is 0 Å². The van der Waals surface area contributed by atoms with Gasteiger partial charge in [-0.1, -0.05) is 24.8 Å². The molecule has 0 amide bonds. The molecule has 0 aromatic heterocycles. The zero-order valence-corrected chi connectivity index (χ0v) is 6.54. The monoisotopic (exact) mass is 156 g/mol. The minimum absolute atomic E-state index is 0.284. The van der Waals surface area contributed by atoms with Gasteiger partial charge in [-0.2, -0.15) is 5.26 Å². The highest BCUT2D eigenvalue weighted by Gasteiger charge is 2.02. The Bertz CT molecular complexity index is 358. The highest BCUT2D eigenvalue weighted by Crippen LogP contribution is 2.07. The van der Waals surface area contributed by atoms with Gasteiger partial charge in [0.25, 0.3) is 0 Å². The Balaban J connectivity index is 3.24. The van der Waals surface area contributed by atoms with E-state index in [2.05, 4.69) is 6.58 Å². The van der Waals surface area contributed by atoms with Crippen LogP contribution in [0.25, 0.3) is 0 Å². The first kappa shape index (κ1) is 8.22. The largest absolute Gasteiger partial charge is 0.300 e. The van der Waals surface area contributed by atoms with Crippen molar-refractivity contribution in [3.63, 3.8) is 0 Å². The molecule has 2 heteroatoms. The van der Waals surface area contributed by atoms with Crippen molar-refractivity contribution in [2.45, 2.75) is 0 Å². The van der Waals surface area contributed by atoms with Crippen LogP contribution in [0.15, 0.2) is 36.9 Å². The van der Waals surface area contributed by atoms with Crippen LogP contribution in [0.2, 0.25) is 0 Å². The zero-order chi connectivity index (χ0) is 8.97. The van der Waals surface area contributed by atoms with Gasteiger partial charge in [0.1, 0.15) is 0 Å². The SMILES string of the molecule is C=CC(=N)c1ccccc1C#N. The zero-order valence-electron chi connectivity index (χ0n) is 6.54. The van der Waals surface area contributed by atoms with Crippen LogP contribution in [-0.2, 0) is 0 Å². The van der Waals surface area contributed by atoms with Gasteiger partial charge < -0.3 is 5.41 Å². The van der Waals surface area contributed by atoms with Crippen LogP contribution in [0.1, 0.15) is 11.1 Å². The van der Waals surface area contributed by atoms with Gasteiger partial charge in [0, 0.05) is 5.56 Å². The first-order valence-electron chi connectivity index (χ1n) is 3.50. The minimum atomic E-state index is 0.284. The summed E-state index contributed by atoms with van der Waals surface area (Å²) in [6, 6.07) is 9.02. The molecule has 0 aliphatic heterocycles. The fraction of sp³-hybridized carbons (Fsp3) is 0. The molecule has 0 unspecified atom stereocenters. The maximum absolute atomic E-state index is 8.68. The van der Waals surface area contributed by atoms with E-state index in [4.69, 9.17) is 10.7 Å². The second-order valence-electron chi connectivity index (χ2n) is 2.28. The summed E-state index contributed by atoms with van der Waals surface area (Å²) in [7, 11) is 0. The molecule has 0 heterocycles. The van der Waals surface area contributed by atoms with Gasteiger partial charge in [0.2, 0.25) is 0 Å². The van der Waals surface area contributed by atoms with E-state index in [0.717, 1.165) is 0 Å². The smallest absolute Gasteiger partial charge is 0.0998 e. The summed E-state index contributed by atoms with van der Waals surface area (Å²) in [6.45, 7) is 3.48. The highest BCUT2D eigenvalue weighted by molar-refractivity contribution is 6.07. The molecule has 1 aromatic carbocycles. The molecule has 0 atom stereocenters. The van der Waals surface area contributed by atoms with E-state index < -0.39 is 0 Å². The predicted octanol–water partition coefficient (Wildman–Crippen LogP) is 2.11. The molecular weight excluding hydrogens is 148 g/mol. The number of nitriles is 1. The van der Waals surface area contributed by atoms with Gasteiger partial charge in [-0.05, 0) is 12.1 Å². The lowest BCUT2D eigenvalue weighted by Gasteiger charge is -1.99. The maximum Gasteiger partial charge on any atom is 0.0998 e. The first-order chi connectivity index (χ1) is 5.79. The summed E-state index contributed by atoms with van der Waals surface area (Å²) in [6.07, 6.45) is 1.43. The summed E-state index contributed by atoms with van der Waals surface area (Å²) >= 11 is 0. The number of rotatable bonds is 2. The van der Waals surface area contributed by atoms with Crippen LogP contribution in [0.4, 0.5) is 0 Å². The van der Waals surface area contributed by atoms with Crippen molar-refractivity contribution in [1.82, 2.24) is 0 Å². The lowest BCUT2D eigenvalue weighted by molar-refractivity contribution is 1.44. The Morgan fingerprint density at radius 1 is 1.50 bits per heavy atom. The molecule has 12 heavy (non-hydrogen) atoms. The Morgan fingerprint density at radius 3 is 2.75 bits per heavy atom. The maximum atomic E-state index is 8.68. The van der Waals surface area contributed by atoms with E-state index in [-0.39, 0.29) is 5.71 Å². The predicted molar refractivity (Wildman–Crippen MR) is 48.2 cm³/mol. The molecule has 58 valence electrons. The van der Waals surface area contributed by atoms with Crippen molar-refractivity contribution in [3.8, 4) is 6.07 Å². The van der Waals surface area contributed by atoms with Gasteiger partial charge in [-0.25, -0.2) is 0 Å². The Labute approximate surface area is 71.3 Å². The number of benzene rings is 1. The molecule has 0 saturated heterocycles. The van der Waals surface area contributed by atoms with Crippen LogP contribution < -0.4 is 0 Å². The molecule has 0 spiro atoms. The number of hydrogen-bond donors (Lipinski definition) is 1. The average Bonchev–Trinajstić information content (AvgIpc) is 2.16. The molecule has 0 bridgehead atoms. The lowest BCUT2D eigenvalue weighted by atomic mass is 10.0. The normalized spacial score (nSPS) is 8.58. The second-order valence-corrected chi connectivity index (χ2v) is 2.28. The van der Waals surface area contributed by atoms with Gasteiger partial charge in [0.05, 0.1) is 17.3 Å². The Hall–Kier alpha value is -1.88. The third kappa shape index (κ3) is 1.40. The van der Waals surface area contributed by atoms with Crippen LogP contribution in [-0.4, -0.2) is 5.71 Å². The standard InChI is InChI=1S/C10H8N2/c1-2-10(12)9-6-4-3-5-8(9)7-11/h2-6,12H,1H2. The number of allylic oxidation sites excluding steroid dienone is 1. The fourth-order valence-electron chi connectivity index (χ4n) is 0.925. The topological polar surface area (TPSA) is 47.6 Å². The molecule has 0 saturated carbocycles. The van der Waals surface area contributed by atoms with Crippen molar-refractivity contribution in [3.05, 3.63) is 48.0 Å². The quantitative estimate of drug-likeness (QED) is 0.655. The van der Waals surface area contributed by atoms with Crippen LogP contribution in [0, 0.1) is 16.7 Å².